The van der Waals surface area contributed by atoms with Gasteiger partial charge in [-0.05, 0) is 41.8 Å². The van der Waals surface area contributed by atoms with Gasteiger partial charge in [0.1, 0.15) is 17.9 Å². The minimum absolute atomic E-state index is 0.353. The molecular weight excluding hydrogens is 356 g/mol. The standard InChI is InChI=1S/C19H17BrO3/c1-12(2)13-3-4-14(9-21)19(7-13)23-11-15-10-22-18-6-5-16(20)8-17(15)18/h3-10,12H,11H2,1-2H3. The Hall–Kier alpha value is -2.07. The van der Waals surface area contributed by atoms with Crippen molar-refractivity contribution < 1.29 is 13.9 Å². The fraction of sp³-hybridized carbons (Fsp3) is 0.211. The van der Waals surface area contributed by atoms with Crippen LogP contribution >= 0.6 is 15.9 Å². The highest BCUT2D eigenvalue weighted by molar-refractivity contribution is 9.10. The summed E-state index contributed by atoms with van der Waals surface area (Å²) in [5, 5.41) is 1.01. The van der Waals surface area contributed by atoms with Crippen molar-refractivity contribution in [3.8, 4) is 5.75 Å². The highest BCUT2D eigenvalue weighted by atomic mass is 79.9. The first-order chi connectivity index (χ1) is 11.1. The SMILES string of the molecule is CC(C)c1ccc(C=O)c(OCc2coc3ccc(Br)cc23)c1. The molecule has 4 heteroatoms. The monoisotopic (exact) mass is 372 g/mol. The summed E-state index contributed by atoms with van der Waals surface area (Å²) in [5.74, 6) is 0.985. The van der Waals surface area contributed by atoms with Crippen LogP contribution in [0.2, 0.25) is 0 Å². The lowest BCUT2D eigenvalue weighted by Gasteiger charge is -2.12. The third-order valence-corrected chi connectivity index (χ3v) is 4.32. The number of furan rings is 1. The molecule has 0 radical (unpaired) electrons. The van der Waals surface area contributed by atoms with E-state index in [-0.39, 0.29) is 0 Å². The summed E-state index contributed by atoms with van der Waals surface area (Å²) >= 11 is 3.47. The molecule has 0 aliphatic heterocycles. The van der Waals surface area contributed by atoms with Gasteiger partial charge < -0.3 is 9.15 Å². The Kier molecular flexibility index (Phi) is 4.53. The van der Waals surface area contributed by atoms with Crippen molar-refractivity contribution in [2.45, 2.75) is 26.4 Å². The van der Waals surface area contributed by atoms with Crippen molar-refractivity contribution in [1.82, 2.24) is 0 Å². The van der Waals surface area contributed by atoms with Gasteiger partial charge in [0, 0.05) is 15.4 Å². The van der Waals surface area contributed by atoms with Gasteiger partial charge in [-0.1, -0.05) is 35.8 Å². The van der Waals surface area contributed by atoms with E-state index in [2.05, 4.69) is 29.8 Å². The maximum Gasteiger partial charge on any atom is 0.153 e. The first kappa shape index (κ1) is 15.8. The second kappa shape index (κ2) is 6.59. The van der Waals surface area contributed by atoms with Crippen LogP contribution in [0.4, 0.5) is 0 Å². The largest absolute Gasteiger partial charge is 0.488 e. The van der Waals surface area contributed by atoms with Crippen LogP contribution in [-0.2, 0) is 6.61 Å². The lowest BCUT2D eigenvalue weighted by molar-refractivity contribution is 0.111. The molecular formula is C19H17BrO3. The molecule has 0 fully saturated rings. The summed E-state index contributed by atoms with van der Waals surface area (Å²) in [5.41, 5.74) is 3.47. The number of benzene rings is 2. The van der Waals surface area contributed by atoms with Crippen LogP contribution in [-0.4, -0.2) is 6.29 Å². The third kappa shape index (κ3) is 3.32. The average molecular weight is 373 g/mol. The average Bonchev–Trinajstić information content (AvgIpc) is 2.94. The number of carbonyl (C=O) groups excluding carboxylic acids is 1. The molecule has 0 atom stereocenters. The molecule has 0 aliphatic rings. The molecule has 3 nitrogen and oxygen atoms in total. The van der Waals surface area contributed by atoms with E-state index in [1.807, 2.05) is 36.4 Å². The number of aldehydes is 1. The van der Waals surface area contributed by atoms with Gasteiger partial charge in [-0.3, -0.25) is 4.79 Å². The molecule has 0 aliphatic carbocycles. The number of fused-ring (bicyclic) bond motifs is 1. The third-order valence-electron chi connectivity index (χ3n) is 3.83. The van der Waals surface area contributed by atoms with Gasteiger partial charge in [-0.25, -0.2) is 0 Å². The summed E-state index contributed by atoms with van der Waals surface area (Å²) in [6.45, 7) is 4.58. The zero-order valence-corrected chi connectivity index (χ0v) is 14.6. The topological polar surface area (TPSA) is 39.4 Å². The Morgan fingerprint density at radius 3 is 2.78 bits per heavy atom. The van der Waals surface area contributed by atoms with Crippen LogP contribution in [0.15, 0.2) is 51.6 Å². The highest BCUT2D eigenvalue weighted by Gasteiger charge is 2.10. The molecule has 23 heavy (non-hydrogen) atoms. The fourth-order valence-electron chi connectivity index (χ4n) is 2.45. The Morgan fingerprint density at radius 1 is 1.22 bits per heavy atom. The molecule has 0 unspecified atom stereocenters. The molecule has 118 valence electrons. The molecule has 1 aromatic heterocycles. The van der Waals surface area contributed by atoms with Gasteiger partial charge in [-0.15, -0.1) is 0 Å². The summed E-state index contributed by atoms with van der Waals surface area (Å²) in [7, 11) is 0. The minimum Gasteiger partial charge on any atom is -0.488 e. The van der Waals surface area contributed by atoms with Crippen LogP contribution in [0, 0.1) is 0 Å². The molecule has 0 saturated heterocycles. The molecule has 0 bridgehead atoms. The predicted octanol–water partition coefficient (Wildman–Crippen LogP) is 5.71. The van der Waals surface area contributed by atoms with Crippen molar-refractivity contribution >= 4 is 33.2 Å². The Bertz CT molecular complexity index is 849. The maximum absolute atomic E-state index is 11.2. The summed E-state index contributed by atoms with van der Waals surface area (Å²) in [6, 6.07) is 11.6. The predicted molar refractivity (Wildman–Crippen MR) is 94.2 cm³/mol. The smallest absolute Gasteiger partial charge is 0.153 e. The van der Waals surface area contributed by atoms with Crippen molar-refractivity contribution in [2.75, 3.05) is 0 Å². The van der Waals surface area contributed by atoms with Crippen molar-refractivity contribution in [3.05, 3.63) is 63.8 Å². The maximum atomic E-state index is 11.2. The molecule has 0 saturated carbocycles. The quantitative estimate of drug-likeness (QED) is 0.538. The van der Waals surface area contributed by atoms with Crippen molar-refractivity contribution in [1.29, 1.82) is 0 Å². The van der Waals surface area contributed by atoms with Gasteiger partial charge in [0.2, 0.25) is 0 Å². The van der Waals surface area contributed by atoms with Gasteiger partial charge >= 0.3 is 0 Å². The fourth-order valence-corrected chi connectivity index (χ4v) is 2.81. The summed E-state index contributed by atoms with van der Waals surface area (Å²) < 4.78 is 12.4. The van der Waals surface area contributed by atoms with E-state index in [1.54, 1.807) is 6.26 Å². The molecule has 0 spiro atoms. The lowest BCUT2D eigenvalue weighted by atomic mass is 10.0. The molecule has 2 aromatic carbocycles. The van der Waals surface area contributed by atoms with Crippen LogP contribution < -0.4 is 4.74 Å². The number of hydrogen-bond donors (Lipinski definition) is 0. The second-order valence-electron chi connectivity index (χ2n) is 5.76. The number of ether oxygens (including phenoxy) is 1. The lowest BCUT2D eigenvalue weighted by Crippen LogP contribution is -1.99. The number of rotatable bonds is 5. The van der Waals surface area contributed by atoms with Gasteiger partial charge in [0.05, 0.1) is 11.8 Å². The number of carbonyl (C=O) groups is 1. The Balaban J connectivity index is 1.88. The van der Waals surface area contributed by atoms with E-state index < -0.39 is 0 Å². The van der Waals surface area contributed by atoms with E-state index in [9.17, 15) is 4.79 Å². The highest BCUT2D eigenvalue weighted by Crippen LogP contribution is 2.28. The van der Waals surface area contributed by atoms with E-state index in [0.717, 1.165) is 32.9 Å². The molecule has 3 rings (SSSR count). The van der Waals surface area contributed by atoms with Gasteiger partial charge in [0.25, 0.3) is 0 Å². The molecule has 3 aromatic rings. The van der Waals surface area contributed by atoms with E-state index in [4.69, 9.17) is 9.15 Å². The zero-order valence-electron chi connectivity index (χ0n) is 13.0. The molecule has 0 amide bonds. The van der Waals surface area contributed by atoms with Crippen LogP contribution in [0.5, 0.6) is 5.75 Å². The summed E-state index contributed by atoms with van der Waals surface area (Å²) in [6.07, 6.45) is 2.52. The Morgan fingerprint density at radius 2 is 2.04 bits per heavy atom. The minimum atomic E-state index is 0.353. The van der Waals surface area contributed by atoms with Crippen LogP contribution in [0.1, 0.15) is 41.3 Å². The summed E-state index contributed by atoms with van der Waals surface area (Å²) in [4.78, 5) is 11.2. The van der Waals surface area contributed by atoms with Crippen molar-refractivity contribution in [2.24, 2.45) is 0 Å². The van der Waals surface area contributed by atoms with E-state index >= 15 is 0 Å². The Labute approximate surface area is 143 Å². The van der Waals surface area contributed by atoms with Crippen LogP contribution in [0.25, 0.3) is 11.0 Å². The number of hydrogen-bond acceptors (Lipinski definition) is 3. The van der Waals surface area contributed by atoms with Crippen molar-refractivity contribution in [3.63, 3.8) is 0 Å². The second-order valence-corrected chi connectivity index (χ2v) is 6.68. The normalized spacial score (nSPS) is 11.1. The first-order valence-corrected chi connectivity index (χ1v) is 8.25. The molecule has 1 heterocycles. The van der Waals surface area contributed by atoms with Gasteiger partial charge in [-0.2, -0.15) is 0 Å². The number of halogens is 1. The van der Waals surface area contributed by atoms with Crippen LogP contribution in [0.3, 0.4) is 0 Å². The zero-order chi connectivity index (χ0) is 16.4. The van der Waals surface area contributed by atoms with E-state index in [0.29, 0.717) is 23.8 Å². The molecule has 0 N–H and O–H groups in total. The van der Waals surface area contributed by atoms with E-state index in [1.165, 1.54) is 0 Å². The van der Waals surface area contributed by atoms with Gasteiger partial charge in [0.15, 0.2) is 6.29 Å². The first-order valence-electron chi connectivity index (χ1n) is 7.46.